The molecule has 2 N–H and O–H groups in total. The third-order valence-corrected chi connectivity index (χ3v) is 4.98. The van der Waals surface area contributed by atoms with Crippen molar-refractivity contribution in [2.45, 2.75) is 45.7 Å². The number of rotatable bonds is 7. The van der Waals surface area contributed by atoms with Crippen molar-refractivity contribution in [1.82, 2.24) is 15.5 Å². The summed E-state index contributed by atoms with van der Waals surface area (Å²) in [5, 5.41) is 5.59. The number of benzene rings is 1. The molecule has 1 aromatic carbocycles. The molecule has 1 fully saturated rings. The first-order valence-electron chi connectivity index (χ1n) is 8.83. The van der Waals surface area contributed by atoms with Crippen LogP contribution in [0.4, 0.5) is 4.79 Å². The number of ether oxygens (including phenoxy) is 1. The minimum Gasteiger partial charge on any atom is -0.497 e. The molecule has 2 rings (SSSR count). The Balaban J connectivity index is 2.20. The third-order valence-electron chi connectivity index (χ3n) is 4.98. The topological polar surface area (TPSA) is 87.7 Å². The van der Waals surface area contributed by atoms with Crippen molar-refractivity contribution in [3.8, 4) is 5.75 Å². The largest absolute Gasteiger partial charge is 0.497 e. The molecule has 1 heterocycles. The summed E-state index contributed by atoms with van der Waals surface area (Å²) in [7, 11) is 1.56. The molecule has 0 radical (unpaired) electrons. The van der Waals surface area contributed by atoms with Crippen molar-refractivity contribution in [2.75, 3.05) is 13.7 Å². The van der Waals surface area contributed by atoms with Crippen molar-refractivity contribution >= 4 is 17.8 Å². The summed E-state index contributed by atoms with van der Waals surface area (Å²) >= 11 is 0. The van der Waals surface area contributed by atoms with Crippen LogP contribution in [0.1, 0.15) is 39.7 Å². The monoisotopic (exact) mass is 361 g/mol. The first kappa shape index (κ1) is 19.8. The fraction of sp³-hybridized carbons (Fsp3) is 0.526. The van der Waals surface area contributed by atoms with Gasteiger partial charge in [0, 0.05) is 6.04 Å². The third kappa shape index (κ3) is 3.66. The van der Waals surface area contributed by atoms with Crippen LogP contribution in [0.2, 0.25) is 0 Å². The Kier molecular flexibility index (Phi) is 5.90. The Morgan fingerprint density at radius 3 is 2.35 bits per heavy atom. The zero-order valence-corrected chi connectivity index (χ0v) is 16.0. The van der Waals surface area contributed by atoms with Crippen LogP contribution in [-0.4, -0.2) is 42.4 Å². The number of methoxy groups -OCH3 is 1. The molecule has 0 aromatic heterocycles. The van der Waals surface area contributed by atoms with Crippen LogP contribution in [0.15, 0.2) is 24.3 Å². The van der Waals surface area contributed by atoms with Gasteiger partial charge in [-0.05, 0) is 37.0 Å². The van der Waals surface area contributed by atoms with Crippen LogP contribution in [-0.2, 0) is 15.1 Å². The minimum absolute atomic E-state index is 0.0409. The van der Waals surface area contributed by atoms with Gasteiger partial charge < -0.3 is 15.4 Å². The fourth-order valence-corrected chi connectivity index (χ4v) is 2.89. The summed E-state index contributed by atoms with van der Waals surface area (Å²) in [4.78, 5) is 38.6. The number of urea groups is 1. The van der Waals surface area contributed by atoms with Crippen molar-refractivity contribution in [3.63, 3.8) is 0 Å². The van der Waals surface area contributed by atoms with Crippen LogP contribution < -0.4 is 15.4 Å². The van der Waals surface area contributed by atoms with Gasteiger partial charge in [0.05, 0.1) is 7.11 Å². The standard InChI is InChI=1S/C19H27N3O4/c1-6-19(14-7-9-15(26-5)10-8-14)17(24)22(18(25)21-19)11-16(23)20-13(4)12(2)3/h7-10,12-13H,6,11H2,1-5H3,(H,20,23)(H,21,25)/t13-,19+/m1/s1. The second-order valence-corrected chi connectivity index (χ2v) is 6.91. The molecule has 1 aromatic rings. The molecule has 7 heteroatoms. The van der Waals surface area contributed by atoms with E-state index in [-0.39, 0.29) is 24.4 Å². The predicted molar refractivity (Wildman–Crippen MR) is 97.7 cm³/mol. The first-order valence-corrected chi connectivity index (χ1v) is 8.83. The van der Waals surface area contributed by atoms with E-state index in [1.165, 1.54) is 0 Å². The molecule has 4 amide bonds. The number of hydrogen-bond donors (Lipinski definition) is 2. The molecule has 7 nitrogen and oxygen atoms in total. The molecule has 1 aliphatic rings. The van der Waals surface area contributed by atoms with Gasteiger partial charge in [0.15, 0.2) is 0 Å². The summed E-state index contributed by atoms with van der Waals surface area (Å²) in [5.74, 6) is 0.158. The number of nitrogens with one attached hydrogen (secondary N) is 2. The van der Waals surface area contributed by atoms with Gasteiger partial charge in [0.25, 0.3) is 5.91 Å². The Morgan fingerprint density at radius 1 is 1.23 bits per heavy atom. The highest BCUT2D eigenvalue weighted by Crippen LogP contribution is 2.33. The second kappa shape index (κ2) is 7.76. The molecule has 142 valence electrons. The molecule has 0 bridgehead atoms. The summed E-state index contributed by atoms with van der Waals surface area (Å²) in [6, 6.07) is 6.40. The lowest BCUT2D eigenvalue weighted by molar-refractivity contribution is -0.135. The van der Waals surface area contributed by atoms with Gasteiger partial charge in [-0.3, -0.25) is 14.5 Å². The quantitative estimate of drug-likeness (QED) is 0.727. The van der Waals surface area contributed by atoms with E-state index in [9.17, 15) is 14.4 Å². The van der Waals surface area contributed by atoms with E-state index in [1.807, 2.05) is 27.7 Å². The van der Waals surface area contributed by atoms with Crippen LogP contribution in [0, 0.1) is 5.92 Å². The second-order valence-electron chi connectivity index (χ2n) is 6.91. The molecular weight excluding hydrogens is 334 g/mol. The highest BCUT2D eigenvalue weighted by atomic mass is 16.5. The van der Waals surface area contributed by atoms with Crippen LogP contribution in [0.25, 0.3) is 0 Å². The average molecular weight is 361 g/mol. The molecule has 1 aliphatic heterocycles. The Bertz CT molecular complexity index is 687. The maximum Gasteiger partial charge on any atom is 0.325 e. The molecule has 2 atom stereocenters. The Hall–Kier alpha value is -2.57. The number of imide groups is 1. The lowest BCUT2D eigenvalue weighted by Gasteiger charge is -2.26. The van der Waals surface area contributed by atoms with Crippen molar-refractivity contribution in [2.24, 2.45) is 5.92 Å². The number of nitrogens with zero attached hydrogens (tertiary/aromatic N) is 1. The lowest BCUT2D eigenvalue weighted by Crippen LogP contribution is -2.46. The molecule has 0 unspecified atom stereocenters. The first-order chi connectivity index (χ1) is 12.2. The van der Waals surface area contributed by atoms with Crippen molar-refractivity contribution in [3.05, 3.63) is 29.8 Å². The van der Waals surface area contributed by atoms with E-state index in [2.05, 4.69) is 10.6 Å². The maximum absolute atomic E-state index is 13.0. The highest BCUT2D eigenvalue weighted by molar-refractivity contribution is 6.09. The number of carbonyl (C=O) groups excluding carboxylic acids is 3. The minimum atomic E-state index is -1.16. The van der Waals surface area contributed by atoms with Crippen molar-refractivity contribution < 1.29 is 19.1 Å². The maximum atomic E-state index is 13.0. The summed E-state index contributed by atoms with van der Waals surface area (Å²) < 4.78 is 5.14. The zero-order valence-electron chi connectivity index (χ0n) is 16.0. The van der Waals surface area contributed by atoms with Gasteiger partial charge in [0.1, 0.15) is 17.8 Å². The van der Waals surface area contributed by atoms with Gasteiger partial charge in [0.2, 0.25) is 5.91 Å². The van der Waals surface area contributed by atoms with E-state index >= 15 is 0 Å². The van der Waals surface area contributed by atoms with Gasteiger partial charge in [-0.25, -0.2) is 4.79 Å². The zero-order chi connectivity index (χ0) is 19.5. The van der Waals surface area contributed by atoms with Crippen LogP contribution in [0.5, 0.6) is 5.75 Å². The summed E-state index contributed by atoms with van der Waals surface area (Å²) in [6.45, 7) is 7.41. The van der Waals surface area contributed by atoms with E-state index in [4.69, 9.17) is 4.74 Å². The van der Waals surface area contributed by atoms with Crippen LogP contribution >= 0.6 is 0 Å². The van der Waals surface area contributed by atoms with Gasteiger partial charge >= 0.3 is 6.03 Å². The SMILES string of the molecule is CC[C@@]1(c2ccc(OC)cc2)NC(=O)N(CC(=O)N[C@H](C)C(C)C)C1=O. The Morgan fingerprint density at radius 2 is 1.85 bits per heavy atom. The molecular formula is C19H27N3O4. The smallest absolute Gasteiger partial charge is 0.325 e. The van der Waals surface area contributed by atoms with Gasteiger partial charge in [-0.15, -0.1) is 0 Å². The number of carbonyl (C=O) groups is 3. The van der Waals surface area contributed by atoms with E-state index < -0.39 is 17.5 Å². The van der Waals surface area contributed by atoms with Crippen LogP contribution in [0.3, 0.4) is 0 Å². The predicted octanol–water partition coefficient (Wildman–Crippen LogP) is 2.01. The molecule has 26 heavy (non-hydrogen) atoms. The van der Waals surface area contributed by atoms with Crippen molar-refractivity contribution in [1.29, 1.82) is 0 Å². The Labute approximate surface area is 154 Å². The summed E-state index contributed by atoms with van der Waals surface area (Å²) in [5.41, 5.74) is -0.495. The molecule has 1 saturated heterocycles. The molecule has 0 saturated carbocycles. The molecule has 0 aliphatic carbocycles. The summed E-state index contributed by atoms with van der Waals surface area (Å²) in [6.07, 6.45) is 0.379. The highest BCUT2D eigenvalue weighted by Gasteiger charge is 2.51. The van der Waals surface area contributed by atoms with E-state index in [0.717, 1.165) is 4.90 Å². The molecule has 0 spiro atoms. The average Bonchev–Trinajstić information content (AvgIpc) is 2.86. The van der Waals surface area contributed by atoms with Gasteiger partial charge in [-0.2, -0.15) is 0 Å². The normalized spacial score (nSPS) is 20.9. The number of hydrogen-bond acceptors (Lipinski definition) is 4. The fourth-order valence-electron chi connectivity index (χ4n) is 2.89. The van der Waals surface area contributed by atoms with E-state index in [0.29, 0.717) is 17.7 Å². The lowest BCUT2D eigenvalue weighted by atomic mass is 9.87. The van der Waals surface area contributed by atoms with Gasteiger partial charge in [-0.1, -0.05) is 32.9 Å². The number of amides is 4. The van der Waals surface area contributed by atoms with E-state index in [1.54, 1.807) is 31.4 Å².